The molecule has 0 saturated heterocycles. The molecule has 0 fully saturated rings. The molecule has 4 heteroatoms. The first kappa shape index (κ1) is 29.4. The fourth-order valence-electron chi connectivity index (χ4n) is 6.51. The summed E-state index contributed by atoms with van der Waals surface area (Å²) in [5.74, 6) is 0.691. The molecule has 50 heavy (non-hydrogen) atoms. The van der Waals surface area contributed by atoms with Crippen molar-refractivity contribution < 1.29 is 0 Å². The average molecular weight is 639 g/mol. The third kappa shape index (κ3) is 5.69. The maximum absolute atomic E-state index is 5.17. The van der Waals surface area contributed by atoms with Gasteiger partial charge in [0.1, 0.15) is 0 Å². The van der Waals surface area contributed by atoms with Crippen LogP contribution >= 0.6 is 0 Å². The van der Waals surface area contributed by atoms with Crippen LogP contribution in [0.25, 0.3) is 89.4 Å². The number of benzene rings is 6. The van der Waals surface area contributed by atoms with E-state index < -0.39 is 0 Å². The van der Waals surface area contributed by atoms with Crippen molar-refractivity contribution in [1.29, 1.82) is 0 Å². The van der Waals surface area contributed by atoms with Gasteiger partial charge < -0.3 is 0 Å². The lowest BCUT2D eigenvalue weighted by molar-refractivity contribution is 1.18. The van der Waals surface area contributed by atoms with Crippen LogP contribution in [-0.2, 0) is 0 Å². The Bertz CT molecular complexity index is 2580. The summed E-state index contributed by atoms with van der Waals surface area (Å²) in [6.45, 7) is 0. The Balaban J connectivity index is 1.09. The summed E-state index contributed by atoms with van der Waals surface area (Å²) in [4.78, 5) is 20.2. The Labute approximate surface area is 290 Å². The first-order valence-electron chi connectivity index (χ1n) is 16.7. The molecular weight excluding hydrogens is 609 g/mol. The second-order valence-corrected chi connectivity index (χ2v) is 12.3. The molecule has 0 bridgehead atoms. The fraction of sp³-hybridized carbons (Fsp3) is 0. The molecule has 0 saturated carbocycles. The van der Waals surface area contributed by atoms with Crippen molar-refractivity contribution in [2.45, 2.75) is 0 Å². The molecule has 9 rings (SSSR count). The minimum atomic E-state index is 0.691. The van der Waals surface area contributed by atoms with Crippen LogP contribution in [0.5, 0.6) is 0 Å². The Morgan fingerprint density at radius 1 is 0.260 bits per heavy atom. The zero-order chi connectivity index (χ0) is 33.3. The summed E-state index contributed by atoms with van der Waals surface area (Å²) in [5, 5.41) is 2.20. The zero-order valence-corrected chi connectivity index (χ0v) is 27.1. The summed E-state index contributed by atoms with van der Waals surface area (Å²) in [5.41, 5.74) is 12.9. The molecule has 3 heterocycles. The minimum Gasteiger partial charge on any atom is -0.248 e. The zero-order valence-electron chi connectivity index (χ0n) is 27.1. The van der Waals surface area contributed by atoms with Crippen LogP contribution in [-0.4, -0.2) is 19.9 Å². The molecule has 6 aromatic carbocycles. The molecule has 0 aliphatic rings. The van der Waals surface area contributed by atoms with Crippen LogP contribution in [0.1, 0.15) is 0 Å². The standard InChI is InChI=1S/C46H30N4/c1-4-12-31(13-5-1)40-25-22-33-20-21-36(29-43(33)48-40)35-23-26-41-37(28-35)24-27-42(47-41)38-18-10-11-19-39(38)45-30-44(32-14-6-2-7-15-32)49-46(50-45)34-16-8-3-9-17-34/h1-30H. The van der Waals surface area contributed by atoms with E-state index >= 15 is 0 Å². The number of pyridine rings is 2. The van der Waals surface area contributed by atoms with Crippen LogP contribution in [0.15, 0.2) is 182 Å². The molecule has 3 aromatic heterocycles. The van der Waals surface area contributed by atoms with Crippen molar-refractivity contribution in [1.82, 2.24) is 19.9 Å². The molecular formula is C46H30N4. The fourth-order valence-corrected chi connectivity index (χ4v) is 6.51. The lowest BCUT2D eigenvalue weighted by Gasteiger charge is -2.13. The molecule has 0 radical (unpaired) electrons. The van der Waals surface area contributed by atoms with E-state index in [2.05, 4.69) is 127 Å². The second-order valence-electron chi connectivity index (χ2n) is 12.3. The normalized spacial score (nSPS) is 11.2. The van der Waals surface area contributed by atoms with Gasteiger partial charge in [0.25, 0.3) is 0 Å². The highest BCUT2D eigenvalue weighted by molar-refractivity contribution is 5.91. The van der Waals surface area contributed by atoms with Crippen molar-refractivity contribution in [3.8, 4) is 67.5 Å². The summed E-state index contributed by atoms with van der Waals surface area (Å²) >= 11 is 0. The van der Waals surface area contributed by atoms with Crippen molar-refractivity contribution in [2.24, 2.45) is 0 Å². The molecule has 0 aliphatic heterocycles. The number of fused-ring (bicyclic) bond motifs is 2. The van der Waals surface area contributed by atoms with E-state index in [4.69, 9.17) is 19.9 Å². The van der Waals surface area contributed by atoms with E-state index in [9.17, 15) is 0 Å². The van der Waals surface area contributed by atoms with E-state index in [1.54, 1.807) is 0 Å². The number of hydrogen-bond donors (Lipinski definition) is 0. The van der Waals surface area contributed by atoms with E-state index in [1.165, 1.54) is 0 Å². The van der Waals surface area contributed by atoms with E-state index in [0.29, 0.717) is 5.82 Å². The predicted octanol–water partition coefficient (Wildman–Crippen LogP) is 11.6. The van der Waals surface area contributed by atoms with Gasteiger partial charge in [-0.3, -0.25) is 0 Å². The van der Waals surface area contributed by atoms with E-state index in [-0.39, 0.29) is 0 Å². The van der Waals surface area contributed by atoms with Gasteiger partial charge in [-0.15, -0.1) is 0 Å². The highest BCUT2D eigenvalue weighted by Crippen LogP contribution is 2.35. The third-order valence-corrected chi connectivity index (χ3v) is 9.09. The number of aromatic nitrogens is 4. The third-order valence-electron chi connectivity index (χ3n) is 9.09. The SMILES string of the molecule is c1ccc(-c2cc(-c3ccccc3-c3ccc4cc(-c5ccc6ccc(-c7ccccc7)nc6c5)ccc4n3)nc(-c3ccccc3)n2)cc1. The average Bonchev–Trinajstić information content (AvgIpc) is 3.21. The minimum absolute atomic E-state index is 0.691. The molecule has 234 valence electrons. The molecule has 0 N–H and O–H groups in total. The predicted molar refractivity (Wildman–Crippen MR) is 205 cm³/mol. The van der Waals surface area contributed by atoms with Gasteiger partial charge in [-0.2, -0.15) is 0 Å². The van der Waals surface area contributed by atoms with Crippen molar-refractivity contribution in [2.75, 3.05) is 0 Å². The largest absolute Gasteiger partial charge is 0.248 e. The van der Waals surface area contributed by atoms with Crippen molar-refractivity contribution in [3.63, 3.8) is 0 Å². The molecule has 0 aliphatic carbocycles. The van der Waals surface area contributed by atoms with E-state index in [1.807, 2.05) is 54.6 Å². The first-order chi connectivity index (χ1) is 24.7. The van der Waals surface area contributed by atoms with Crippen molar-refractivity contribution in [3.05, 3.63) is 182 Å². The topological polar surface area (TPSA) is 51.6 Å². The van der Waals surface area contributed by atoms with Gasteiger partial charge in [-0.25, -0.2) is 19.9 Å². The summed E-state index contributed by atoms with van der Waals surface area (Å²) in [6, 6.07) is 62.6. The van der Waals surface area contributed by atoms with Gasteiger partial charge in [0.2, 0.25) is 0 Å². The number of nitrogens with zero attached hydrogens (tertiary/aromatic N) is 4. The summed E-state index contributed by atoms with van der Waals surface area (Å²) < 4.78 is 0. The number of rotatable bonds is 6. The van der Waals surface area contributed by atoms with E-state index in [0.717, 1.165) is 83.5 Å². The molecule has 0 atom stereocenters. The maximum Gasteiger partial charge on any atom is 0.160 e. The van der Waals surface area contributed by atoms with Gasteiger partial charge in [0.15, 0.2) is 5.82 Å². The highest BCUT2D eigenvalue weighted by Gasteiger charge is 2.15. The Kier molecular flexibility index (Phi) is 7.45. The lowest BCUT2D eigenvalue weighted by atomic mass is 9.98. The quantitative estimate of drug-likeness (QED) is 0.182. The molecule has 0 spiro atoms. The summed E-state index contributed by atoms with van der Waals surface area (Å²) in [6.07, 6.45) is 0. The van der Waals surface area contributed by atoms with Crippen LogP contribution in [0.4, 0.5) is 0 Å². The van der Waals surface area contributed by atoms with Crippen molar-refractivity contribution >= 4 is 21.8 Å². The van der Waals surface area contributed by atoms with Crippen LogP contribution in [0.2, 0.25) is 0 Å². The van der Waals surface area contributed by atoms with Gasteiger partial charge in [0, 0.05) is 38.6 Å². The van der Waals surface area contributed by atoms with Crippen LogP contribution in [0.3, 0.4) is 0 Å². The highest BCUT2D eigenvalue weighted by atomic mass is 14.9. The Hall–Kier alpha value is -6.78. The smallest absolute Gasteiger partial charge is 0.160 e. The lowest BCUT2D eigenvalue weighted by Crippen LogP contribution is -1.97. The molecule has 0 amide bonds. The van der Waals surface area contributed by atoms with Gasteiger partial charge >= 0.3 is 0 Å². The maximum atomic E-state index is 5.17. The molecule has 0 unspecified atom stereocenters. The Morgan fingerprint density at radius 2 is 0.780 bits per heavy atom. The first-order valence-corrected chi connectivity index (χ1v) is 16.7. The summed E-state index contributed by atoms with van der Waals surface area (Å²) in [7, 11) is 0. The van der Waals surface area contributed by atoms with Gasteiger partial charge in [-0.1, -0.05) is 146 Å². The van der Waals surface area contributed by atoms with Crippen LogP contribution < -0.4 is 0 Å². The van der Waals surface area contributed by atoms with Gasteiger partial charge in [-0.05, 0) is 47.5 Å². The molecule has 9 aromatic rings. The van der Waals surface area contributed by atoms with Gasteiger partial charge in [0.05, 0.1) is 33.8 Å². The Morgan fingerprint density at radius 3 is 1.52 bits per heavy atom. The molecule has 4 nitrogen and oxygen atoms in total. The second kappa shape index (κ2) is 12.7. The monoisotopic (exact) mass is 638 g/mol. The van der Waals surface area contributed by atoms with Crippen LogP contribution in [0, 0.1) is 0 Å². The number of hydrogen-bond acceptors (Lipinski definition) is 4.